The highest BCUT2D eigenvalue weighted by Crippen LogP contribution is 2.21. The van der Waals surface area contributed by atoms with Gasteiger partial charge in [0.1, 0.15) is 0 Å². The lowest BCUT2D eigenvalue weighted by Gasteiger charge is -2.45. The number of nitrogens with zero attached hydrogens (tertiary/aromatic N) is 2. The van der Waals surface area contributed by atoms with E-state index in [1.165, 1.54) is 0 Å². The van der Waals surface area contributed by atoms with E-state index in [1.807, 2.05) is 13.8 Å². The van der Waals surface area contributed by atoms with Crippen LogP contribution < -0.4 is 0 Å². The molecule has 2 heterocycles. The SMILES string of the molecule is CC1(C)COCCN1C(=O)N1CCOC(C(=O)O)C1. The summed E-state index contributed by atoms with van der Waals surface area (Å²) < 4.78 is 10.5. The monoisotopic (exact) mass is 272 g/mol. The van der Waals surface area contributed by atoms with E-state index in [1.54, 1.807) is 9.80 Å². The number of hydrogen-bond donors (Lipinski definition) is 1. The third-order valence-electron chi connectivity index (χ3n) is 3.49. The quantitative estimate of drug-likeness (QED) is 0.727. The van der Waals surface area contributed by atoms with Crippen molar-refractivity contribution in [2.45, 2.75) is 25.5 Å². The van der Waals surface area contributed by atoms with Crippen LogP contribution in [0.15, 0.2) is 0 Å². The summed E-state index contributed by atoms with van der Waals surface area (Å²) in [6.45, 7) is 6.21. The molecule has 1 unspecified atom stereocenters. The summed E-state index contributed by atoms with van der Waals surface area (Å²) in [5, 5.41) is 8.95. The molecule has 7 heteroatoms. The van der Waals surface area contributed by atoms with Crippen molar-refractivity contribution in [2.75, 3.05) is 39.5 Å². The van der Waals surface area contributed by atoms with E-state index in [-0.39, 0.29) is 24.7 Å². The van der Waals surface area contributed by atoms with Crippen LogP contribution in [0, 0.1) is 0 Å². The summed E-state index contributed by atoms with van der Waals surface area (Å²) in [6.07, 6.45) is -0.929. The second kappa shape index (κ2) is 5.34. The maximum Gasteiger partial charge on any atom is 0.334 e. The van der Waals surface area contributed by atoms with E-state index in [0.717, 1.165) is 0 Å². The van der Waals surface area contributed by atoms with Crippen LogP contribution in [-0.2, 0) is 14.3 Å². The molecule has 2 rings (SSSR count). The molecule has 2 fully saturated rings. The number of aliphatic carboxylic acids is 1. The molecule has 2 aliphatic rings. The first-order valence-corrected chi connectivity index (χ1v) is 6.40. The molecule has 108 valence electrons. The van der Waals surface area contributed by atoms with Gasteiger partial charge in [0.25, 0.3) is 0 Å². The number of ether oxygens (including phenoxy) is 2. The Kier molecular flexibility index (Phi) is 3.96. The van der Waals surface area contributed by atoms with Crippen molar-refractivity contribution in [2.24, 2.45) is 0 Å². The number of rotatable bonds is 1. The summed E-state index contributed by atoms with van der Waals surface area (Å²) in [7, 11) is 0. The number of carbonyl (C=O) groups is 2. The van der Waals surface area contributed by atoms with Crippen molar-refractivity contribution in [3.05, 3.63) is 0 Å². The van der Waals surface area contributed by atoms with Gasteiger partial charge in [0, 0.05) is 13.1 Å². The highest BCUT2D eigenvalue weighted by atomic mass is 16.5. The Morgan fingerprint density at radius 1 is 1.26 bits per heavy atom. The topological polar surface area (TPSA) is 79.3 Å². The number of carbonyl (C=O) groups excluding carboxylic acids is 1. The molecular formula is C12H20N2O5. The van der Waals surface area contributed by atoms with E-state index >= 15 is 0 Å². The predicted molar refractivity (Wildman–Crippen MR) is 65.9 cm³/mol. The van der Waals surface area contributed by atoms with Crippen LogP contribution in [0.2, 0.25) is 0 Å². The molecule has 0 saturated carbocycles. The van der Waals surface area contributed by atoms with Gasteiger partial charge in [0.15, 0.2) is 6.10 Å². The molecule has 0 spiro atoms. The minimum absolute atomic E-state index is 0.0988. The number of urea groups is 1. The van der Waals surface area contributed by atoms with Crippen LogP contribution in [0.3, 0.4) is 0 Å². The lowest BCUT2D eigenvalue weighted by atomic mass is 10.0. The van der Waals surface area contributed by atoms with Crippen molar-refractivity contribution < 1.29 is 24.2 Å². The predicted octanol–water partition coefficient (Wildman–Crippen LogP) is 0.00260. The molecule has 19 heavy (non-hydrogen) atoms. The Hall–Kier alpha value is -1.34. The Morgan fingerprint density at radius 3 is 2.63 bits per heavy atom. The van der Waals surface area contributed by atoms with Gasteiger partial charge in [-0.2, -0.15) is 0 Å². The van der Waals surface area contributed by atoms with Gasteiger partial charge in [-0.25, -0.2) is 9.59 Å². The minimum Gasteiger partial charge on any atom is -0.479 e. The lowest BCUT2D eigenvalue weighted by molar-refractivity contribution is -0.155. The van der Waals surface area contributed by atoms with Gasteiger partial charge in [-0.1, -0.05) is 0 Å². The molecule has 1 atom stereocenters. The van der Waals surface area contributed by atoms with Crippen LogP contribution in [0.5, 0.6) is 0 Å². The fourth-order valence-electron chi connectivity index (χ4n) is 2.36. The van der Waals surface area contributed by atoms with E-state index < -0.39 is 12.1 Å². The van der Waals surface area contributed by atoms with E-state index in [9.17, 15) is 9.59 Å². The zero-order chi connectivity index (χ0) is 14.0. The van der Waals surface area contributed by atoms with E-state index in [2.05, 4.69) is 0 Å². The van der Waals surface area contributed by atoms with Crippen LogP contribution >= 0.6 is 0 Å². The smallest absolute Gasteiger partial charge is 0.334 e. The summed E-state index contributed by atoms with van der Waals surface area (Å²) in [4.78, 5) is 26.7. The van der Waals surface area contributed by atoms with Crippen molar-refractivity contribution in [1.29, 1.82) is 0 Å². The van der Waals surface area contributed by atoms with E-state index in [0.29, 0.717) is 26.3 Å². The molecule has 7 nitrogen and oxygen atoms in total. The molecule has 1 N–H and O–H groups in total. The third kappa shape index (κ3) is 2.98. The van der Waals surface area contributed by atoms with Gasteiger partial charge in [0.2, 0.25) is 0 Å². The average molecular weight is 272 g/mol. The number of amides is 2. The molecule has 0 aliphatic carbocycles. The second-order valence-electron chi connectivity index (χ2n) is 5.44. The van der Waals surface area contributed by atoms with Crippen LogP contribution in [0.4, 0.5) is 4.79 Å². The Morgan fingerprint density at radius 2 is 2.00 bits per heavy atom. The van der Waals surface area contributed by atoms with Gasteiger partial charge in [-0.05, 0) is 13.8 Å². The van der Waals surface area contributed by atoms with E-state index in [4.69, 9.17) is 14.6 Å². The molecule has 0 radical (unpaired) electrons. The van der Waals surface area contributed by atoms with Crippen molar-refractivity contribution in [1.82, 2.24) is 9.80 Å². The molecular weight excluding hydrogens is 252 g/mol. The molecule has 0 bridgehead atoms. The van der Waals surface area contributed by atoms with Crippen molar-refractivity contribution >= 4 is 12.0 Å². The zero-order valence-corrected chi connectivity index (χ0v) is 11.3. The van der Waals surface area contributed by atoms with Crippen LogP contribution in [0.25, 0.3) is 0 Å². The summed E-state index contributed by atoms with van der Waals surface area (Å²) >= 11 is 0. The number of carboxylic acid groups (broad SMARTS) is 1. The van der Waals surface area contributed by atoms with Crippen LogP contribution in [-0.4, -0.2) is 78.0 Å². The number of hydrogen-bond acceptors (Lipinski definition) is 4. The summed E-state index contributed by atoms with van der Waals surface area (Å²) in [5.74, 6) is -1.03. The Labute approximate surface area is 112 Å². The second-order valence-corrected chi connectivity index (χ2v) is 5.44. The Bertz CT molecular complexity index is 371. The molecule has 0 aromatic heterocycles. The largest absolute Gasteiger partial charge is 0.479 e. The van der Waals surface area contributed by atoms with Crippen molar-refractivity contribution in [3.8, 4) is 0 Å². The molecule has 2 aliphatic heterocycles. The van der Waals surface area contributed by atoms with Gasteiger partial charge < -0.3 is 24.4 Å². The standard InChI is InChI=1S/C12H20N2O5/c1-12(2)8-18-5-4-14(12)11(17)13-3-6-19-9(7-13)10(15)16/h9H,3-8H2,1-2H3,(H,15,16). The maximum atomic E-state index is 12.5. The van der Waals surface area contributed by atoms with Gasteiger partial charge in [-0.3, -0.25) is 0 Å². The van der Waals surface area contributed by atoms with Crippen LogP contribution in [0.1, 0.15) is 13.8 Å². The fraction of sp³-hybridized carbons (Fsp3) is 0.833. The molecule has 2 amide bonds. The first-order chi connectivity index (χ1) is 8.92. The number of carboxylic acids is 1. The van der Waals surface area contributed by atoms with Gasteiger partial charge in [0.05, 0.1) is 31.9 Å². The first-order valence-electron chi connectivity index (χ1n) is 6.40. The van der Waals surface area contributed by atoms with Gasteiger partial charge >= 0.3 is 12.0 Å². The van der Waals surface area contributed by atoms with Gasteiger partial charge in [-0.15, -0.1) is 0 Å². The minimum atomic E-state index is -1.03. The highest BCUT2D eigenvalue weighted by Gasteiger charge is 2.38. The number of morpholine rings is 2. The molecule has 2 saturated heterocycles. The molecule has 0 aromatic rings. The fourth-order valence-corrected chi connectivity index (χ4v) is 2.36. The summed E-state index contributed by atoms with van der Waals surface area (Å²) in [6, 6.07) is -0.136. The normalized spacial score (nSPS) is 27.2. The summed E-state index contributed by atoms with van der Waals surface area (Å²) in [5.41, 5.74) is -0.369. The van der Waals surface area contributed by atoms with Crippen molar-refractivity contribution in [3.63, 3.8) is 0 Å². The lowest BCUT2D eigenvalue weighted by Crippen LogP contribution is -2.61. The average Bonchev–Trinajstić information content (AvgIpc) is 2.37. The maximum absolute atomic E-state index is 12.5. The Balaban J connectivity index is 2.04. The highest BCUT2D eigenvalue weighted by molar-refractivity contribution is 5.78. The molecule has 0 aromatic carbocycles. The third-order valence-corrected chi connectivity index (χ3v) is 3.49. The zero-order valence-electron chi connectivity index (χ0n) is 11.3. The first kappa shape index (κ1) is 14.1.